The average Bonchev–Trinajstić information content (AvgIpc) is 3.20. The molecule has 1 N–H and O–H groups in total. The summed E-state index contributed by atoms with van der Waals surface area (Å²) in [6, 6.07) is 10.2. The van der Waals surface area contributed by atoms with Gasteiger partial charge in [-0.05, 0) is 36.4 Å². The average molecular weight is 408 g/mol. The number of ether oxygens (including phenoxy) is 1. The maximum Gasteiger partial charge on any atom is 0.416 e. The molecule has 146 valence electrons. The van der Waals surface area contributed by atoms with E-state index in [1.807, 2.05) is 6.07 Å². The molecule has 3 rings (SSSR count). The minimum atomic E-state index is -4.53. The van der Waals surface area contributed by atoms with Gasteiger partial charge < -0.3 is 10.1 Å². The van der Waals surface area contributed by atoms with E-state index in [2.05, 4.69) is 15.4 Å². The van der Waals surface area contributed by atoms with E-state index in [0.717, 1.165) is 17.0 Å². The Morgan fingerprint density at radius 3 is 2.75 bits per heavy atom. The summed E-state index contributed by atoms with van der Waals surface area (Å²) < 4.78 is 45.6. The number of hydrogen-bond acceptors (Lipinski definition) is 5. The van der Waals surface area contributed by atoms with Gasteiger partial charge in [-0.2, -0.15) is 18.3 Å². The van der Waals surface area contributed by atoms with Crippen LogP contribution in [0.4, 0.5) is 18.9 Å². The van der Waals surface area contributed by atoms with E-state index in [-0.39, 0.29) is 17.1 Å². The van der Waals surface area contributed by atoms with Crippen molar-refractivity contribution in [2.24, 2.45) is 0 Å². The van der Waals surface area contributed by atoms with Gasteiger partial charge in [0.15, 0.2) is 0 Å². The fourth-order valence-electron chi connectivity index (χ4n) is 2.37. The maximum absolute atomic E-state index is 13.1. The summed E-state index contributed by atoms with van der Waals surface area (Å²) in [5.74, 6) is 0.213. The highest BCUT2D eigenvalue weighted by atomic mass is 32.2. The Balaban J connectivity index is 1.78. The molecule has 0 fully saturated rings. The Morgan fingerprint density at radius 1 is 1.25 bits per heavy atom. The SMILES string of the molecule is COc1cccc(SCC(=O)Nc2cc(C(F)(F)F)ccc2-n2cncn2)c1. The summed E-state index contributed by atoms with van der Waals surface area (Å²) in [6.07, 6.45) is -1.94. The monoisotopic (exact) mass is 408 g/mol. The zero-order valence-electron chi connectivity index (χ0n) is 14.6. The number of alkyl halides is 3. The van der Waals surface area contributed by atoms with Crippen molar-refractivity contribution in [3.63, 3.8) is 0 Å². The van der Waals surface area contributed by atoms with Crippen LogP contribution < -0.4 is 10.1 Å². The van der Waals surface area contributed by atoms with Crippen LogP contribution in [-0.4, -0.2) is 33.5 Å². The molecule has 0 atom stereocenters. The van der Waals surface area contributed by atoms with E-state index in [1.165, 1.54) is 42.3 Å². The number of amides is 1. The third-order valence-corrected chi connectivity index (χ3v) is 4.67. The van der Waals surface area contributed by atoms with Gasteiger partial charge in [-0.1, -0.05) is 6.07 Å². The lowest BCUT2D eigenvalue weighted by Gasteiger charge is -2.14. The first-order chi connectivity index (χ1) is 13.4. The molecule has 0 bridgehead atoms. The fraction of sp³-hybridized carbons (Fsp3) is 0.167. The molecule has 28 heavy (non-hydrogen) atoms. The Hall–Kier alpha value is -3.01. The quantitative estimate of drug-likeness (QED) is 0.624. The van der Waals surface area contributed by atoms with Crippen LogP contribution in [0.3, 0.4) is 0 Å². The summed E-state index contributed by atoms with van der Waals surface area (Å²) >= 11 is 1.24. The highest BCUT2D eigenvalue weighted by Gasteiger charge is 2.31. The second-order valence-electron chi connectivity index (χ2n) is 5.59. The minimum Gasteiger partial charge on any atom is -0.497 e. The molecule has 1 heterocycles. The van der Waals surface area contributed by atoms with Gasteiger partial charge in [-0.15, -0.1) is 11.8 Å². The number of nitrogens with one attached hydrogen (secondary N) is 1. The van der Waals surface area contributed by atoms with E-state index in [4.69, 9.17) is 4.74 Å². The van der Waals surface area contributed by atoms with Gasteiger partial charge in [-0.25, -0.2) is 9.67 Å². The van der Waals surface area contributed by atoms with Crippen LogP contribution in [0.15, 0.2) is 60.0 Å². The topological polar surface area (TPSA) is 69.0 Å². The standard InChI is InChI=1S/C18H15F3N4O2S/c1-27-13-3-2-4-14(8-13)28-9-17(26)24-15-7-12(18(19,20)21)5-6-16(15)25-11-22-10-23-25/h2-8,10-11H,9H2,1H3,(H,24,26). The van der Waals surface area contributed by atoms with E-state index in [1.54, 1.807) is 18.2 Å². The number of carbonyl (C=O) groups excluding carboxylic acids is 1. The van der Waals surface area contributed by atoms with Crippen LogP contribution in [0.25, 0.3) is 5.69 Å². The van der Waals surface area contributed by atoms with Crippen molar-refractivity contribution in [3.05, 3.63) is 60.7 Å². The molecular weight excluding hydrogens is 393 g/mol. The van der Waals surface area contributed by atoms with Gasteiger partial charge in [0.1, 0.15) is 18.4 Å². The van der Waals surface area contributed by atoms with Crippen molar-refractivity contribution in [1.29, 1.82) is 0 Å². The van der Waals surface area contributed by atoms with E-state index in [9.17, 15) is 18.0 Å². The predicted molar refractivity (Wildman–Crippen MR) is 98.7 cm³/mol. The molecule has 3 aromatic rings. The lowest BCUT2D eigenvalue weighted by molar-refractivity contribution is -0.137. The van der Waals surface area contributed by atoms with Gasteiger partial charge in [0.25, 0.3) is 0 Å². The first-order valence-electron chi connectivity index (χ1n) is 8.00. The number of hydrogen-bond donors (Lipinski definition) is 1. The molecule has 10 heteroatoms. The van der Waals surface area contributed by atoms with Gasteiger partial charge >= 0.3 is 6.18 Å². The number of benzene rings is 2. The fourth-order valence-corrected chi connectivity index (χ4v) is 3.12. The first kappa shape index (κ1) is 19.7. The highest BCUT2D eigenvalue weighted by Crippen LogP contribution is 2.33. The molecule has 0 spiro atoms. The molecular formula is C18H15F3N4O2S. The summed E-state index contributed by atoms with van der Waals surface area (Å²) in [5, 5.41) is 6.44. The van der Waals surface area contributed by atoms with Crippen LogP contribution in [0.5, 0.6) is 5.75 Å². The summed E-state index contributed by atoms with van der Waals surface area (Å²) in [4.78, 5) is 16.9. The highest BCUT2D eigenvalue weighted by molar-refractivity contribution is 8.00. The molecule has 0 aliphatic rings. The maximum atomic E-state index is 13.1. The van der Waals surface area contributed by atoms with Crippen molar-refractivity contribution in [2.75, 3.05) is 18.2 Å². The number of thioether (sulfide) groups is 1. The molecule has 0 saturated carbocycles. The van der Waals surface area contributed by atoms with Crippen molar-refractivity contribution in [1.82, 2.24) is 14.8 Å². The normalized spacial score (nSPS) is 11.3. The molecule has 2 aromatic carbocycles. The van der Waals surface area contributed by atoms with Crippen molar-refractivity contribution in [3.8, 4) is 11.4 Å². The van der Waals surface area contributed by atoms with Crippen LogP contribution in [0.1, 0.15) is 5.56 Å². The predicted octanol–water partition coefficient (Wildman–Crippen LogP) is 4.03. The molecule has 0 radical (unpaired) electrons. The molecule has 1 amide bonds. The molecule has 0 saturated heterocycles. The number of rotatable bonds is 6. The molecule has 6 nitrogen and oxygen atoms in total. The summed E-state index contributed by atoms with van der Waals surface area (Å²) in [7, 11) is 1.54. The Bertz CT molecular complexity index is 962. The number of methoxy groups -OCH3 is 1. The van der Waals surface area contributed by atoms with E-state index < -0.39 is 17.6 Å². The van der Waals surface area contributed by atoms with Gasteiger partial charge in [-0.3, -0.25) is 4.79 Å². The smallest absolute Gasteiger partial charge is 0.416 e. The number of anilines is 1. The van der Waals surface area contributed by atoms with E-state index in [0.29, 0.717) is 5.75 Å². The number of halogens is 3. The summed E-state index contributed by atoms with van der Waals surface area (Å²) in [5.41, 5.74) is -0.589. The van der Waals surface area contributed by atoms with Crippen molar-refractivity contribution >= 4 is 23.4 Å². The molecule has 0 aliphatic carbocycles. The van der Waals surface area contributed by atoms with Crippen LogP contribution >= 0.6 is 11.8 Å². The molecule has 0 aliphatic heterocycles. The van der Waals surface area contributed by atoms with Crippen molar-refractivity contribution < 1.29 is 22.7 Å². The number of carbonyl (C=O) groups is 1. The van der Waals surface area contributed by atoms with Crippen LogP contribution in [0, 0.1) is 0 Å². The lowest BCUT2D eigenvalue weighted by atomic mass is 10.1. The second kappa shape index (κ2) is 8.34. The zero-order chi connectivity index (χ0) is 20.1. The number of nitrogens with zero attached hydrogens (tertiary/aromatic N) is 3. The third-order valence-electron chi connectivity index (χ3n) is 3.67. The zero-order valence-corrected chi connectivity index (χ0v) is 15.4. The van der Waals surface area contributed by atoms with E-state index >= 15 is 0 Å². The second-order valence-corrected chi connectivity index (χ2v) is 6.63. The van der Waals surface area contributed by atoms with Crippen LogP contribution in [0.2, 0.25) is 0 Å². The summed E-state index contributed by atoms with van der Waals surface area (Å²) in [6.45, 7) is 0. The van der Waals surface area contributed by atoms with Crippen LogP contribution in [-0.2, 0) is 11.0 Å². The minimum absolute atomic E-state index is 0.00318. The van der Waals surface area contributed by atoms with Gasteiger partial charge in [0.2, 0.25) is 5.91 Å². The Labute approximate surface area is 162 Å². The Kier molecular flexibility index (Phi) is 5.88. The lowest BCUT2D eigenvalue weighted by Crippen LogP contribution is -2.17. The van der Waals surface area contributed by atoms with Gasteiger partial charge in [0.05, 0.1) is 29.8 Å². The van der Waals surface area contributed by atoms with Gasteiger partial charge in [0, 0.05) is 4.90 Å². The third kappa shape index (κ3) is 4.83. The first-order valence-corrected chi connectivity index (χ1v) is 8.98. The number of aromatic nitrogens is 3. The molecule has 1 aromatic heterocycles. The largest absolute Gasteiger partial charge is 0.497 e. The molecule has 0 unspecified atom stereocenters. The van der Waals surface area contributed by atoms with Crippen molar-refractivity contribution in [2.45, 2.75) is 11.1 Å². The Morgan fingerprint density at radius 2 is 2.07 bits per heavy atom.